The Kier molecular flexibility index (Phi) is 4.02. The van der Waals surface area contributed by atoms with Crippen molar-refractivity contribution in [1.82, 2.24) is 5.32 Å². The number of hydrogen-bond acceptors (Lipinski definition) is 2. The van der Waals surface area contributed by atoms with E-state index in [1.807, 2.05) is 36.4 Å². The summed E-state index contributed by atoms with van der Waals surface area (Å²) >= 11 is 0. The third kappa shape index (κ3) is 2.98. The SMILES string of the molecule is NC(=O)c1ccc(-c2ccccc2)c(C2CCNCC2)c1. The zero-order valence-electron chi connectivity index (χ0n) is 12.0. The standard InChI is InChI=1S/C18H20N2O/c19-18(21)15-6-7-16(13-4-2-1-3-5-13)17(12-15)14-8-10-20-11-9-14/h1-7,12,14,20H,8-11H2,(H2,19,21). The third-order valence-electron chi connectivity index (χ3n) is 4.20. The van der Waals surface area contributed by atoms with Crippen LogP contribution in [0, 0.1) is 0 Å². The number of carbonyl (C=O) groups is 1. The summed E-state index contributed by atoms with van der Waals surface area (Å²) in [6.45, 7) is 2.05. The summed E-state index contributed by atoms with van der Waals surface area (Å²) in [5.41, 5.74) is 9.71. The van der Waals surface area contributed by atoms with E-state index in [-0.39, 0.29) is 5.91 Å². The van der Waals surface area contributed by atoms with E-state index in [4.69, 9.17) is 5.73 Å². The predicted molar refractivity (Wildman–Crippen MR) is 85.2 cm³/mol. The normalized spacial score (nSPS) is 15.8. The summed E-state index contributed by atoms with van der Waals surface area (Å²) < 4.78 is 0. The van der Waals surface area contributed by atoms with Crippen molar-refractivity contribution in [2.75, 3.05) is 13.1 Å². The van der Waals surface area contributed by atoms with Gasteiger partial charge in [-0.3, -0.25) is 4.79 Å². The number of benzene rings is 2. The molecule has 0 saturated carbocycles. The summed E-state index contributed by atoms with van der Waals surface area (Å²) in [5, 5.41) is 3.39. The van der Waals surface area contributed by atoms with Gasteiger partial charge >= 0.3 is 0 Å². The second-order valence-electron chi connectivity index (χ2n) is 5.56. The largest absolute Gasteiger partial charge is 0.366 e. The minimum absolute atomic E-state index is 0.357. The highest BCUT2D eigenvalue weighted by Gasteiger charge is 2.20. The molecular formula is C18H20N2O. The van der Waals surface area contributed by atoms with Crippen LogP contribution >= 0.6 is 0 Å². The fourth-order valence-electron chi connectivity index (χ4n) is 3.07. The fraction of sp³-hybridized carbons (Fsp3) is 0.278. The lowest BCUT2D eigenvalue weighted by atomic mass is 9.84. The molecule has 0 radical (unpaired) electrons. The topological polar surface area (TPSA) is 55.1 Å². The molecule has 1 fully saturated rings. The van der Waals surface area contributed by atoms with Crippen molar-refractivity contribution < 1.29 is 4.79 Å². The molecule has 3 rings (SSSR count). The maximum atomic E-state index is 11.5. The average Bonchev–Trinajstić information content (AvgIpc) is 2.56. The minimum Gasteiger partial charge on any atom is -0.366 e. The van der Waals surface area contributed by atoms with Crippen molar-refractivity contribution in [2.45, 2.75) is 18.8 Å². The Morgan fingerprint density at radius 2 is 1.76 bits per heavy atom. The van der Waals surface area contributed by atoms with E-state index in [2.05, 4.69) is 17.4 Å². The molecule has 1 aliphatic rings. The van der Waals surface area contributed by atoms with Crippen molar-refractivity contribution in [1.29, 1.82) is 0 Å². The number of hydrogen-bond donors (Lipinski definition) is 2. The maximum absolute atomic E-state index is 11.5. The Hall–Kier alpha value is -2.13. The number of piperidine rings is 1. The first-order valence-corrected chi connectivity index (χ1v) is 7.45. The van der Waals surface area contributed by atoms with Crippen LogP contribution in [0.4, 0.5) is 0 Å². The van der Waals surface area contributed by atoms with Crippen LogP contribution in [0.15, 0.2) is 48.5 Å². The maximum Gasteiger partial charge on any atom is 0.248 e. The summed E-state index contributed by atoms with van der Waals surface area (Å²) in [4.78, 5) is 11.5. The first-order valence-electron chi connectivity index (χ1n) is 7.45. The van der Waals surface area contributed by atoms with Crippen LogP contribution in [0.25, 0.3) is 11.1 Å². The molecule has 0 aromatic heterocycles. The summed E-state index contributed by atoms with van der Waals surface area (Å²) in [7, 11) is 0. The molecular weight excluding hydrogens is 260 g/mol. The van der Waals surface area contributed by atoms with Gasteiger partial charge in [-0.2, -0.15) is 0 Å². The van der Waals surface area contributed by atoms with Crippen molar-refractivity contribution in [3.8, 4) is 11.1 Å². The Balaban J connectivity index is 2.08. The molecule has 21 heavy (non-hydrogen) atoms. The zero-order valence-corrected chi connectivity index (χ0v) is 12.0. The van der Waals surface area contributed by atoms with Gasteiger partial charge in [-0.25, -0.2) is 0 Å². The molecule has 1 amide bonds. The highest BCUT2D eigenvalue weighted by Crippen LogP contribution is 2.34. The Morgan fingerprint density at radius 1 is 1.05 bits per heavy atom. The number of carbonyl (C=O) groups excluding carboxylic acids is 1. The molecule has 108 valence electrons. The number of primary amides is 1. The molecule has 0 spiro atoms. The molecule has 3 N–H and O–H groups in total. The molecule has 1 heterocycles. The molecule has 0 atom stereocenters. The summed E-state index contributed by atoms with van der Waals surface area (Å²) in [6.07, 6.45) is 2.20. The molecule has 1 aliphatic heterocycles. The lowest BCUT2D eigenvalue weighted by Crippen LogP contribution is -2.27. The molecule has 0 unspecified atom stereocenters. The van der Waals surface area contributed by atoms with Gasteiger partial charge in [0.05, 0.1) is 0 Å². The number of nitrogens with one attached hydrogen (secondary N) is 1. The van der Waals surface area contributed by atoms with Crippen LogP contribution in [0.5, 0.6) is 0 Å². The highest BCUT2D eigenvalue weighted by atomic mass is 16.1. The first-order chi connectivity index (χ1) is 10.3. The van der Waals surface area contributed by atoms with Gasteiger partial charge in [0, 0.05) is 5.56 Å². The van der Waals surface area contributed by atoms with Gasteiger partial charge in [0.1, 0.15) is 0 Å². The first kappa shape index (κ1) is 13.8. The smallest absolute Gasteiger partial charge is 0.248 e. The van der Waals surface area contributed by atoms with E-state index in [1.54, 1.807) is 0 Å². The van der Waals surface area contributed by atoms with Gasteiger partial charge in [-0.05, 0) is 60.7 Å². The van der Waals surface area contributed by atoms with Crippen LogP contribution in [-0.4, -0.2) is 19.0 Å². The zero-order chi connectivity index (χ0) is 14.7. The van der Waals surface area contributed by atoms with E-state index in [9.17, 15) is 4.79 Å². The highest BCUT2D eigenvalue weighted by molar-refractivity contribution is 5.93. The number of amides is 1. The Morgan fingerprint density at radius 3 is 2.43 bits per heavy atom. The van der Waals surface area contributed by atoms with Crippen molar-refractivity contribution in [2.24, 2.45) is 5.73 Å². The van der Waals surface area contributed by atoms with Crippen molar-refractivity contribution in [3.05, 3.63) is 59.7 Å². The lowest BCUT2D eigenvalue weighted by molar-refractivity contribution is 0.1000. The van der Waals surface area contributed by atoms with E-state index in [0.29, 0.717) is 11.5 Å². The van der Waals surface area contributed by atoms with Crippen molar-refractivity contribution in [3.63, 3.8) is 0 Å². The van der Waals surface area contributed by atoms with Gasteiger partial charge in [0.2, 0.25) is 5.91 Å². The second kappa shape index (κ2) is 6.10. The van der Waals surface area contributed by atoms with E-state index in [0.717, 1.165) is 25.9 Å². The van der Waals surface area contributed by atoms with Crippen molar-refractivity contribution >= 4 is 5.91 Å². The lowest BCUT2D eigenvalue weighted by Gasteiger charge is -2.25. The quantitative estimate of drug-likeness (QED) is 0.908. The molecule has 1 saturated heterocycles. The molecule has 2 aromatic rings. The molecule has 0 bridgehead atoms. The van der Waals surface area contributed by atoms with Crippen LogP contribution in [0.3, 0.4) is 0 Å². The van der Waals surface area contributed by atoms with Gasteiger partial charge in [-0.1, -0.05) is 36.4 Å². The van der Waals surface area contributed by atoms with Crippen LogP contribution in [0.2, 0.25) is 0 Å². The Labute approximate surface area is 125 Å². The second-order valence-corrected chi connectivity index (χ2v) is 5.56. The van der Waals surface area contributed by atoms with Gasteiger partial charge in [-0.15, -0.1) is 0 Å². The molecule has 0 aliphatic carbocycles. The average molecular weight is 280 g/mol. The third-order valence-corrected chi connectivity index (χ3v) is 4.20. The van der Waals surface area contributed by atoms with E-state index in [1.165, 1.54) is 16.7 Å². The van der Waals surface area contributed by atoms with Crippen LogP contribution < -0.4 is 11.1 Å². The van der Waals surface area contributed by atoms with Crippen LogP contribution in [0.1, 0.15) is 34.7 Å². The number of nitrogens with two attached hydrogens (primary N) is 1. The van der Waals surface area contributed by atoms with Gasteiger partial charge in [0.15, 0.2) is 0 Å². The van der Waals surface area contributed by atoms with Crippen LogP contribution in [-0.2, 0) is 0 Å². The summed E-state index contributed by atoms with van der Waals surface area (Å²) in [5.74, 6) is 0.130. The van der Waals surface area contributed by atoms with E-state index < -0.39 is 0 Å². The predicted octanol–water partition coefficient (Wildman–Crippen LogP) is 2.92. The summed E-state index contributed by atoms with van der Waals surface area (Å²) in [6, 6.07) is 16.2. The molecule has 2 aromatic carbocycles. The van der Waals surface area contributed by atoms with E-state index >= 15 is 0 Å². The molecule has 3 heteroatoms. The Bertz CT molecular complexity index is 631. The van der Waals surface area contributed by atoms with Gasteiger partial charge in [0.25, 0.3) is 0 Å². The minimum atomic E-state index is -0.357. The van der Waals surface area contributed by atoms with Gasteiger partial charge < -0.3 is 11.1 Å². The number of rotatable bonds is 3. The monoisotopic (exact) mass is 280 g/mol. The molecule has 3 nitrogen and oxygen atoms in total. The fourth-order valence-corrected chi connectivity index (χ4v) is 3.07.